The van der Waals surface area contributed by atoms with E-state index in [-0.39, 0.29) is 11.8 Å². The van der Waals surface area contributed by atoms with E-state index in [0.29, 0.717) is 79.2 Å². The molecule has 4 aromatic rings. The fourth-order valence-electron chi connectivity index (χ4n) is 5.03. The van der Waals surface area contributed by atoms with Crippen LogP contribution in [-0.4, -0.2) is 47.7 Å². The molecule has 0 unspecified atom stereocenters. The molecule has 0 fully saturated rings. The van der Waals surface area contributed by atoms with Crippen molar-refractivity contribution in [1.29, 1.82) is 0 Å². The SMILES string of the molecule is CNC(=O)c1c(-c2ccc(F)cc2)oc2cc3c(cc12)-c1cc(cc(C(=O)NC(C)(C)C)c1)NC(=S)NCCCCNC(=S)N3. The van der Waals surface area contributed by atoms with Gasteiger partial charge in [0.05, 0.1) is 11.3 Å². The maximum absolute atomic E-state index is 13.8. The molecule has 0 radical (unpaired) electrons. The van der Waals surface area contributed by atoms with Crippen LogP contribution in [0.15, 0.2) is 59.0 Å². The highest BCUT2D eigenvalue weighted by Crippen LogP contribution is 2.40. The minimum Gasteiger partial charge on any atom is -0.455 e. The van der Waals surface area contributed by atoms with Gasteiger partial charge in [0.2, 0.25) is 0 Å². The third-order valence-electron chi connectivity index (χ3n) is 7.06. The Bertz CT molecular complexity index is 1800. The van der Waals surface area contributed by atoms with E-state index in [9.17, 15) is 14.0 Å². The van der Waals surface area contributed by atoms with E-state index in [2.05, 4.69) is 31.9 Å². The molecular formula is C33H35FN6O3S2. The number of carbonyl (C=O) groups excluding carboxylic acids is 2. The highest BCUT2D eigenvalue weighted by atomic mass is 32.1. The molecule has 0 aliphatic carbocycles. The summed E-state index contributed by atoms with van der Waals surface area (Å²) < 4.78 is 20.0. The summed E-state index contributed by atoms with van der Waals surface area (Å²) in [6.45, 7) is 7.05. The number of rotatable bonds is 3. The van der Waals surface area contributed by atoms with E-state index in [1.165, 1.54) is 19.2 Å². The van der Waals surface area contributed by atoms with Crippen molar-refractivity contribution in [3.8, 4) is 22.5 Å². The molecule has 1 aliphatic rings. The van der Waals surface area contributed by atoms with Gasteiger partial charge >= 0.3 is 0 Å². The van der Waals surface area contributed by atoms with Crippen LogP contribution in [0.2, 0.25) is 0 Å². The summed E-state index contributed by atoms with van der Waals surface area (Å²) in [4.78, 5) is 26.7. The van der Waals surface area contributed by atoms with E-state index in [1.807, 2.05) is 32.9 Å². The second kappa shape index (κ2) is 13.2. The summed E-state index contributed by atoms with van der Waals surface area (Å²) in [6, 6.07) is 14.8. The number of amides is 2. The molecule has 2 heterocycles. The fraction of sp³-hybridized carbons (Fsp3) is 0.273. The Labute approximate surface area is 271 Å². The van der Waals surface area contributed by atoms with E-state index in [0.717, 1.165) is 12.8 Å². The summed E-state index contributed by atoms with van der Waals surface area (Å²) in [5.41, 5.74) is 3.73. The van der Waals surface area contributed by atoms with E-state index in [4.69, 9.17) is 28.9 Å². The number of carbonyl (C=O) groups is 2. The number of halogens is 1. The molecule has 2 amide bonds. The minimum absolute atomic E-state index is 0.259. The van der Waals surface area contributed by atoms with Crippen LogP contribution in [0.25, 0.3) is 33.4 Å². The van der Waals surface area contributed by atoms with Gasteiger partial charge in [0.25, 0.3) is 11.8 Å². The summed E-state index contributed by atoms with van der Waals surface area (Å²) in [6.07, 6.45) is 1.71. The van der Waals surface area contributed by atoms with Gasteiger partial charge in [-0.1, -0.05) is 0 Å². The smallest absolute Gasteiger partial charge is 0.255 e. The molecule has 234 valence electrons. The lowest BCUT2D eigenvalue weighted by Gasteiger charge is -2.21. The van der Waals surface area contributed by atoms with Crippen LogP contribution < -0.4 is 31.9 Å². The van der Waals surface area contributed by atoms with Crippen molar-refractivity contribution in [2.75, 3.05) is 30.8 Å². The van der Waals surface area contributed by atoms with Gasteiger partial charge in [0, 0.05) is 59.5 Å². The van der Waals surface area contributed by atoms with E-state index >= 15 is 0 Å². The van der Waals surface area contributed by atoms with Gasteiger partial charge in [-0.05, 0) is 112 Å². The number of anilines is 2. The molecule has 0 spiro atoms. The molecule has 3 aromatic carbocycles. The second-order valence-corrected chi connectivity index (χ2v) is 12.6. The Morgan fingerprint density at radius 2 is 1.53 bits per heavy atom. The van der Waals surface area contributed by atoms with Crippen LogP contribution in [0.5, 0.6) is 0 Å². The lowest BCUT2D eigenvalue weighted by molar-refractivity contribution is 0.0918. The predicted octanol–water partition coefficient (Wildman–Crippen LogP) is 6.16. The number of hydrogen-bond acceptors (Lipinski definition) is 5. The number of fused-ring (bicyclic) bond motifs is 5. The summed E-state index contributed by atoms with van der Waals surface area (Å²) >= 11 is 11.2. The zero-order valence-electron chi connectivity index (χ0n) is 25.4. The largest absolute Gasteiger partial charge is 0.455 e. The highest BCUT2D eigenvalue weighted by Gasteiger charge is 2.25. The van der Waals surface area contributed by atoms with E-state index < -0.39 is 11.4 Å². The van der Waals surface area contributed by atoms with Crippen molar-refractivity contribution in [3.63, 3.8) is 0 Å². The number of hydrogen-bond donors (Lipinski definition) is 6. The number of benzene rings is 3. The normalized spacial score (nSPS) is 14.1. The Hall–Kier alpha value is -4.55. The maximum Gasteiger partial charge on any atom is 0.255 e. The highest BCUT2D eigenvalue weighted by molar-refractivity contribution is 7.80. The Morgan fingerprint density at radius 3 is 2.18 bits per heavy atom. The molecular weight excluding hydrogens is 612 g/mol. The molecule has 9 nitrogen and oxygen atoms in total. The molecule has 0 saturated carbocycles. The average molecular weight is 647 g/mol. The Morgan fingerprint density at radius 1 is 0.867 bits per heavy atom. The van der Waals surface area contributed by atoms with Gasteiger partial charge in [0.1, 0.15) is 17.2 Å². The summed E-state index contributed by atoms with van der Waals surface area (Å²) in [5.74, 6) is -0.732. The van der Waals surface area contributed by atoms with Crippen LogP contribution in [0.3, 0.4) is 0 Å². The van der Waals surface area contributed by atoms with Crippen molar-refractivity contribution in [2.24, 2.45) is 0 Å². The molecule has 2 bridgehead atoms. The van der Waals surface area contributed by atoms with Crippen molar-refractivity contribution in [2.45, 2.75) is 39.2 Å². The van der Waals surface area contributed by atoms with Crippen LogP contribution >= 0.6 is 24.4 Å². The van der Waals surface area contributed by atoms with Gasteiger partial charge < -0.3 is 36.3 Å². The second-order valence-electron chi connectivity index (χ2n) is 11.8. The molecule has 1 aliphatic heterocycles. The van der Waals surface area contributed by atoms with Gasteiger partial charge in [-0.15, -0.1) is 0 Å². The van der Waals surface area contributed by atoms with E-state index in [1.54, 1.807) is 30.3 Å². The van der Waals surface area contributed by atoms with Crippen molar-refractivity contribution >= 4 is 68.8 Å². The molecule has 0 saturated heterocycles. The maximum atomic E-state index is 13.8. The molecule has 12 heteroatoms. The van der Waals surface area contributed by atoms with Gasteiger partial charge in [-0.3, -0.25) is 9.59 Å². The quantitative estimate of drug-likeness (QED) is 0.146. The summed E-state index contributed by atoms with van der Waals surface area (Å²) in [7, 11) is 1.54. The number of thiocarbonyl (C=S) groups is 2. The lowest BCUT2D eigenvalue weighted by atomic mass is 9.96. The molecule has 5 rings (SSSR count). The topological polar surface area (TPSA) is 119 Å². The Balaban J connectivity index is 1.76. The predicted molar refractivity (Wildman–Crippen MR) is 185 cm³/mol. The zero-order chi connectivity index (χ0) is 32.3. The first kappa shape index (κ1) is 31.9. The molecule has 0 atom stereocenters. The Kier molecular flexibility index (Phi) is 9.35. The first-order valence-electron chi connectivity index (χ1n) is 14.6. The number of furan rings is 1. The first-order chi connectivity index (χ1) is 21.4. The summed E-state index contributed by atoms with van der Waals surface area (Å²) in [5, 5.41) is 20.1. The van der Waals surface area contributed by atoms with Gasteiger partial charge in [-0.2, -0.15) is 0 Å². The van der Waals surface area contributed by atoms with Crippen molar-refractivity contribution in [1.82, 2.24) is 21.3 Å². The van der Waals surface area contributed by atoms with Crippen molar-refractivity contribution < 1.29 is 18.4 Å². The monoisotopic (exact) mass is 646 g/mol. The lowest BCUT2D eigenvalue weighted by Crippen LogP contribution is -2.40. The van der Waals surface area contributed by atoms with Crippen LogP contribution in [0.4, 0.5) is 15.8 Å². The zero-order valence-corrected chi connectivity index (χ0v) is 27.1. The minimum atomic E-state index is -0.466. The average Bonchev–Trinajstić information content (AvgIpc) is 3.35. The van der Waals surface area contributed by atoms with Gasteiger partial charge in [0.15, 0.2) is 10.2 Å². The molecule has 1 aromatic heterocycles. The molecule has 45 heavy (non-hydrogen) atoms. The standard InChI is InChI=1S/C33H35FN6O3S2/c1-33(2,3)40-29(41)20-13-19-14-22(15-20)38-31(44)36-11-5-6-12-37-32(45)39-25-17-26-24(16-23(19)25)27(30(42)35-4)28(43-26)18-7-9-21(34)10-8-18/h7-10,13-17H,5-6,11-12H2,1-4H3,(H,35,42)(H,40,41)(H2,36,38,44)(H2,37,39,45). The third kappa shape index (κ3) is 7.58. The number of nitrogens with one attached hydrogen (secondary N) is 6. The molecule has 6 N–H and O–H groups in total. The van der Waals surface area contributed by atoms with Crippen molar-refractivity contribution in [3.05, 3.63) is 71.5 Å². The van der Waals surface area contributed by atoms with Crippen LogP contribution in [0, 0.1) is 5.82 Å². The third-order valence-corrected chi connectivity index (χ3v) is 7.56. The van der Waals surface area contributed by atoms with Gasteiger partial charge in [-0.25, -0.2) is 4.39 Å². The first-order valence-corrected chi connectivity index (χ1v) is 15.4. The van der Waals surface area contributed by atoms with Crippen LogP contribution in [-0.2, 0) is 0 Å². The fourth-order valence-corrected chi connectivity index (χ4v) is 5.47. The van der Waals surface area contributed by atoms with Crippen LogP contribution in [0.1, 0.15) is 54.3 Å².